The predicted molar refractivity (Wildman–Crippen MR) is 97.2 cm³/mol. The van der Waals surface area contributed by atoms with Crippen LogP contribution in [0.1, 0.15) is 6.92 Å². The number of carbonyl (C=O) groups is 1. The maximum Gasteiger partial charge on any atom is 0.324 e. The van der Waals surface area contributed by atoms with Crippen LogP contribution < -0.4 is 14.5 Å². The fourth-order valence-corrected chi connectivity index (χ4v) is 3.45. The average molecular weight is 374 g/mol. The maximum atomic E-state index is 13.5. The van der Waals surface area contributed by atoms with Crippen LogP contribution in [0.4, 0.5) is 25.1 Å². The van der Waals surface area contributed by atoms with Gasteiger partial charge in [0.15, 0.2) is 0 Å². The fraction of sp³-hybridized carbons (Fsp3) is 0.368. The second-order valence-electron chi connectivity index (χ2n) is 6.74. The first-order valence-corrected chi connectivity index (χ1v) is 8.90. The van der Waals surface area contributed by atoms with E-state index in [1.54, 1.807) is 21.9 Å². The number of rotatable bonds is 1. The quantitative estimate of drug-likeness (QED) is 0.770. The lowest BCUT2D eigenvalue weighted by Gasteiger charge is -2.40. The maximum absolute atomic E-state index is 13.5. The predicted octanol–water partition coefficient (Wildman–Crippen LogP) is 2.89. The van der Waals surface area contributed by atoms with Gasteiger partial charge < -0.3 is 14.5 Å². The molecule has 0 radical (unpaired) electrons. The Bertz CT molecular complexity index is 838. The highest BCUT2D eigenvalue weighted by atomic mass is 19.1. The summed E-state index contributed by atoms with van der Waals surface area (Å²) >= 11 is 0. The second kappa shape index (κ2) is 7.02. The van der Waals surface area contributed by atoms with Crippen molar-refractivity contribution in [3.8, 4) is 5.75 Å². The molecule has 27 heavy (non-hydrogen) atoms. The molecule has 142 valence electrons. The summed E-state index contributed by atoms with van der Waals surface area (Å²) in [6.07, 6.45) is 0.978. The Labute approximate surface area is 156 Å². The molecule has 6 nitrogen and oxygen atoms in total. The normalized spacial score (nSPS) is 19.5. The van der Waals surface area contributed by atoms with E-state index in [2.05, 4.69) is 4.98 Å². The van der Waals surface area contributed by atoms with Gasteiger partial charge >= 0.3 is 6.03 Å². The standard InChI is InChI=1S/C19H20F2N4O2/c1-13-12-25(16-4-2-14(20)10-17(16)27-13)19(26)24-8-6-23(7-9-24)18-5-3-15(21)11-22-18/h2-5,10-11,13H,6-9,12H2,1H3/t13-/m1/s1. The molecule has 0 spiro atoms. The van der Waals surface area contributed by atoms with Crippen LogP contribution in [-0.4, -0.2) is 54.7 Å². The van der Waals surface area contributed by atoms with Crippen molar-refractivity contribution in [2.24, 2.45) is 0 Å². The third-order valence-electron chi connectivity index (χ3n) is 4.80. The monoisotopic (exact) mass is 374 g/mol. The first-order chi connectivity index (χ1) is 13.0. The van der Waals surface area contributed by atoms with Crippen LogP contribution in [0.2, 0.25) is 0 Å². The highest BCUT2D eigenvalue weighted by molar-refractivity contribution is 5.94. The van der Waals surface area contributed by atoms with E-state index in [0.717, 1.165) is 0 Å². The highest BCUT2D eigenvalue weighted by Gasteiger charge is 2.32. The number of nitrogens with zero attached hydrogens (tertiary/aromatic N) is 4. The Kier molecular flexibility index (Phi) is 4.55. The number of hydrogen-bond donors (Lipinski definition) is 0. The smallest absolute Gasteiger partial charge is 0.324 e. The van der Waals surface area contributed by atoms with E-state index in [9.17, 15) is 13.6 Å². The van der Waals surface area contributed by atoms with Crippen LogP contribution >= 0.6 is 0 Å². The summed E-state index contributed by atoms with van der Waals surface area (Å²) in [5, 5.41) is 0. The van der Waals surface area contributed by atoms with Gasteiger partial charge in [0, 0.05) is 32.2 Å². The summed E-state index contributed by atoms with van der Waals surface area (Å²) in [4.78, 5) is 22.6. The minimum absolute atomic E-state index is 0.121. The van der Waals surface area contributed by atoms with Gasteiger partial charge in [-0.05, 0) is 31.2 Å². The van der Waals surface area contributed by atoms with E-state index in [1.165, 1.54) is 24.4 Å². The first kappa shape index (κ1) is 17.5. The molecule has 2 aliphatic heterocycles. The van der Waals surface area contributed by atoms with Crippen LogP contribution in [-0.2, 0) is 0 Å². The lowest BCUT2D eigenvalue weighted by molar-refractivity contribution is 0.181. The number of halogens is 2. The van der Waals surface area contributed by atoms with Gasteiger partial charge in [0.25, 0.3) is 0 Å². The van der Waals surface area contributed by atoms with Gasteiger partial charge in [-0.1, -0.05) is 0 Å². The van der Waals surface area contributed by atoms with Crippen molar-refractivity contribution in [2.45, 2.75) is 13.0 Å². The molecule has 2 aliphatic rings. The summed E-state index contributed by atoms with van der Waals surface area (Å²) in [5.74, 6) is 0.320. The largest absolute Gasteiger partial charge is 0.487 e. The van der Waals surface area contributed by atoms with E-state index in [0.29, 0.717) is 50.0 Å². The zero-order valence-corrected chi connectivity index (χ0v) is 14.9. The molecule has 4 rings (SSSR count). The number of piperazine rings is 1. The minimum atomic E-state index is -0.393. The van der Waals surface area contributed by atoms with E-state index in [-0.39, 0.29) is 18.0 Å². The number of urea groups is 1. The lowest BCUT2D eigenvalue weighted by atomic mass is 10.2. The number of carbonyl (C=O) groups excluding carboxylic acids is 1. The molecule has 3 heterocycles. The van der Waals surface area contributed by atoms with Gasteiger partial charge in [0.2, 0.25) is 0 Å². The number of fused-ring (bicyclic) bond motifs is 1. The minimum Gasteiger partial charge on any atom is -0.487 e. The number of pyridine rings is 1. The van der Waals surface area contributed by atoms with Crippen molar-refractivity contribution in [1.29, 1.82) is 0 Å². The zero-order chi connectivity index (χ0) is 19.0. The molecule has 0 N–H and O–H groups in total. The molecule has 2 amide bonds. The Morgan fingerprint density at radius 2 is 1.85 bits per heavy atom. The van der Waals surface area contributed by atoms with E-state index >= 15 is 0 Å². The molecule has 1 aromatic carbocycles. The summed E-state index contributed by atoms with van der Waals surface area (Å²) < 4.78 is 32.2. The van der Waals surface area contributed by atoms with Gasteiger partial charge in [-0.15, -0.1) is 0 Å². The van der Waals surface area contributed by atoms with Crippen molar-refractivity contribution in [1.82, 2.24) is 9.88 Å². The van der Waals surface area contributed by atoms with Crippen molar-refractivity contribution >= 4 is 17.5 Å². The molecule has 0 aliphatic carbocycles. The highest BCUT2D eigenvalue weighted by Crippen LogP contribution is 2.34. The Morgan fingerprint density at radius 1 is 1.11 bits per heavy atom. The third kappa shape index (κ3) is 3.51. The summed E-state index contributed by atoms with van der Waals surface area (Å²) in [7, 11) is 0. The van der Waals surface area contributed by atoms with Crippen LogP contribution in [0.25, 0.3) is 0 Å². The van der Waals surface area contributed by atoms with E-state index in [4.69, 9.17) is 4.74 Å². The van der Waals surface area contributed by atoms with Crippen molar-refractivity contribution in [2.75, 3.05) is 42.5 Å². The SMILES string of the molecule is C[C@@H]1CN(C(=O)N2CCN(c3ccc(F)cn3)CC2)c2ccc(F)cc2O1. The number of hydrogen-bond acceptors (Lipinski definition) is 4. The molecule has 1 saturated heterocycles. The molecular formula is C19H20F2N4O2. The lowest BCUT2D eigenvalue weighted by Crippen LogP contribution is -2.55. The average Bonchev–Trinajstić information content (AvgIpc) is 2.67. The summed E-state index contributed by atoms with van der Waals surface area (Å²) in [5.41, 5.74) is 0.585. The molecule has 1 aromatic heterocycles. The van der Waals surface area contributed by atoms with E-state index < -0.39 is 5.82 Å². The van der Waals surface area contributed by atoms with Crippen molar-refractivity contribution in [3.63, 3.8) is 0 Å². The molecular weight excluding hydrogens is 354 g/mol. The van der Waals surface area contributed by atoms with Crippen molar-refractivity contribution in [3.05, 3.63) is 48.2 Å². The molecule has 1 fully saturated rings. The molecule has 2 aromatic rings. The van der Waals surface area contributed by atoms with Gasteiger partial charge in [-0.2, -0.15) is 0 Å². The van der Waals surface area contributed by atoms with Crippen molar-refractivity contribution < 1.29 is 18.3 Å². The Hall–Kier alpha value is -2.90. The molecule has 0 unspecified atom stereocenters. The Balaban J connectivity index is 1.46. The van der Waals surface area contributed by atoms with Gasteiger partial charge in [-0.25, -0.2) is 18.6 Å². The number of amides is 2. The van der Waals surface area contributed by atoms with Gasteiger partial charge in [0.1, 0.15) is 29.3 Å². The first-order valence-electron chi connectivity index (χ1n) is 8.90. The Morgan fingerprint density at radius 3 is 2.56 bits per heavy atom. The second-order valence-corrected chi connectivity index (χ2v) is 6.74. The van der Waals surface area contributed by atoms with Gasteiger partial charge in [0.05, 0.1) is 18.4 Å². The summed E-state index contributed by atoms with van der Waals surface area (Å²) in [6, 6.07) is 7.11. The van der Waals surface area contributed by atoms with Crippen LogP contribution in [0.15, 0.2) is 36.5 Å². The van der Waals surface area contributed by atoms with Crippen LogP contribution in [0, 0.1) is 11.6 Å². The summed E-state index contributed by atoms with van der Waals surface area (Å²) in [6.45, 7) is 4.55. The number of benzene rings is 1. The van der Waals surface area contributed by atoms with Crippen LogP contribution in [0.3, 0.4) is 0 Å². The molecule has 0 bridgehead atoms. The van der Waals surface area contributed by atoms with Crippen LogP contribution in [0.5, 0.6) is 5.75 Å². The fourth-order valence-electron chi connectivity index (χ4n) is 3.45. The number of aromatic nitrogens is 1. The molecule has 1 atom stereocenters. The molecule has 0 saturated carbocycles. The van der Waals surface area contributed by atoms with Gasteiger partial charge in [-0.3, -0.25) is 4.90 Å². The number of ether oxygens (including phenoxy) is 1. The van der Waals surface area contributed by atoms with E-state index in [1.807, 2.05) is 11.8 Å². The topological polar surface area (TPSA) is 48.9 Å². The molecule has 8 heteroatoms. The number of anilines is 2. The third-order valence-corrected chi connectivity index (χ3v) is 4.80. The zero-order valence-electron chi connectivity index (χ0n) is 14.9.